The molecule has 1 amide bonds. The first-order chi connectivity index (χ1) is 11.2. The molecule has 0 saturated heterocycles. The predicted molar refractivity (Wildman–Crippen MR) is 84.4 cm³/mol. The second-order valence-electron chi connectivity index (χ2n) is 4.85. The fourth-order valence-electron chi connectivity index (χ4n) is 2.16. The second-order valence-corrected chi connectivity index (χ2v) is 4.85. The van der Waals surface area contributed by atoms with Gasteiger partial charge in [-0.05, 0) is 30.3 Å². The summed E-state index contributed by atoms with van der Waals surface area (Å²) in [5.41, 5.74) is 1.02. The summed E-state index contributed by atoms with van der Waals surface area (Å²) in [5.74, 6) is -0.198. The second kappa shape index (κ2) is 6.69. The Morgan fingerprint density at radius 3 is 2.78 bits per heavy atom. The quantitative estimate of drug-likeness (QED) is 0.758. The minimum atomic E-state index is -0.331. The van der Waals surface area contributed by atoms with E-state index in [0.717, 1.165) is 5.69 Å². The predicted octanol–water partition coefficient (Wildman–Crippen LogP) is 0.859. The van der Waals surface area contributed by atoms with Gasteiger partial charge in [0, 0.05) is 43.4 Å². The molecular weight excluding hydrogens is 294 g/mol. The van der Waals surface area contributed by atoms with Gasteiger partial charge >= 0.3 is 5.69 Å². The molecule has 2 aromatic heterocycles. The van der Waals surface area contributed by atoms with Gasteiger partial charge in [0.25, 0.3) is 5.91 Å². The molecule has 1 aromatic carbocycles. The Balaban J connectivity index is 1.64. The summed E-state index contributed by atoms with van der Waals surface area (Å²) in [7, 11) is 0. The molecule has 0 unspecified atom stereocenters. The van der Waals surface area contributed by atoms with Crippen LogP contribution < -0.4 is 11.0 Å². The maximum atomic E-state index is 12.2. The normalized spacial score (nSPS) is 10.4. The number of rotatable bonds is 5. The summed E-state index contributed by atoms with van der Waals surface area (Å²) in [6.45, 7) is 0.716. The Hall–Kier alpha value is -3.22. The van der Waals surface area contributed by atoms with E-state index >= 15 is 0 Å². The Bertz CT molecular complexity index is 855. The molecule has 0 radical (unpaired) electrons. The molecule has 7 heteroatoms. The van der Waals surface area contributed by atoms with Crippen LogP contribution in [0.25, 0.3) is 5.69 Å². The molecule has 23 heavy (non-hydrogen) atoms. The van der Waals surface area contributed by atoms with Gasteiger partial charge in [-0.25, -0.2) is 14.5 Å². The van der Waals surface area contributed by atoms with Gasteiger partial charge in [-0.1, -0.05) is 6.07 Å². The molecule has 0 aliphatic carbocycles. The number of aromatic nitrogens is 4. The minimum absolute atomic E-state index is 0.198. The largest absolute Gasteiger partial charge is 0.350 e. The molecule has 2 heterocycles. The molecule has 7 nitrogen and oxygen atoms in total. The molecule has 1 N–H and O–H groups in total. The lowest BCUT2D eigenvalue weighted by atomic mass is 10.2. The summed E-state index contributed by atoms with van der Waals surface area (Å²) in [6.07, 6.45) is 6.57. The first-order valence-corrected chi connectivity index (χ1v) is 7.14. The minimum Gasteiger partial charge on any atom is -0.350 e. The highest BCUT2D eigenvalue weighted by Crippen LogP contribution is 2.09. The van der Waals surface area contributed by atoms with Gasteiger partial charge in [0.1, 0.15) is 0 Å². The van der Waals surface area contributed by atoms with Crippen molar-refractivity contribution in [2.24, 2.45) is 0 Å². The first-order valence-electron chi connectivity index (χ1n) is 7.14. The van der Waals surface area contributed by atoms with Gasteiger partial charge in [-0.15, -0.1) is 0 Å². The van der Waals surface area contributed by atoms with Gasteiger partial charge in [-0.3, -0.25) is 9.36 Å². The smallest absolute Gasteiger partial charge is 0.347 e. The van der Waals surface area contributed by atoms with Crippen LogP contribution in [0.1, 0.15) is 10.4 Å². The third-order valence-electron chi connectivity index (χ3n) is 3.30. The number of carbonyl (C=O) groups is 1. The number of amides is 1. The van der Waals surface area contributed by atoms with Crippen LogP contribution in [0.2, 0.25) is 0 Å². The van der Waals surface area contributed by atoms with Gasteiger partial charge in [-0.2, -0.15) is 5.10 Å². The van der Waals surface area contributed by atoms with Crippen LogP contribution in [-0.2, 0) is 6.54 Å². The highest BCUT2D eigenvalue weighted by molar-refractivity contribution is 5.94. The van der Waals surface area contributed by atoms with Crippen LogP contribution in [0.4, 0.5) is 0 Å². The van der Waals surface area contributed by atoms with Crippen molar-refractivity contribution in [3.05, 3.63) is 77.2 Å². The molecule has 0 atom stereocenters. The Labute approximate surface area is 132 Å². The van der Waals surface area contributed by atoms with Crippen molar-refractivity contribution >= 4 is 5.91 Å². The average Bonchev–Trinajstić information content (AvgIpc) is 3.11. The number of benzene rings is 1. The molecule has 0 aliphatic heterocycles. The number of carbonyl (C=O) groups excluding carboxylic acids is 1. The van der Waals surface area contributed by atoms with E-state index in [0.29, 0.717) is 18.7 Å². The van der Waals surface area contributed by atoms with Crippen LogP contribution in [0, 0.1) is 0 Å². The summed E-state index contributed by atoms with van der Waals surface area (Å²) in [6, 6.07) is 10.7. The van der Waals surface area contributed by atoms with Crippen molar-refractivity contribution in [3.63, 3.8) is 0 Å². The average molecular weight is 309 g/mol. The zero-order valence-electron chi connectivity index (χ0n) is 12.3. The topological polar surface area (TPSA) is 81.8 Å². The standard InChI is InChI=1S/C16H15N5O2/c22-15(17-8-11-20-9-2-6-18-16(20)23)13-4-1-5-14(12-13)21-10-3-7-19-21/h1-7,9-10,12H,8,11H2,(H,17,22). The maximum absolute atomic E-state index is 12.2. The fourth-order valence-corrected chi connectivity index (χ4v) is 2.16. The third-order valence-corrected chi connectivity index (χ3v) is 3.30. The lowest BCUT2D eigenvalue weighted by Crippen LogP contribution is -2.31. The van der Waals surface area contributed by atoms with Gasteiger partial charge in [0.15, 0.2) is 0 Å². The van der Waals surface area contributed by atoms with Crippen LogP contribution >= 0.6 is 0 Å². The highest BCUT2D eigenvalue weighted by atomic mass is 16.2. The van der Waals surface area contributed by atoms with E-state index in [1.165, 1.54) is 10.8 Å². The summed E-state index contributed by atoms with van der Waals surface area (Å²) in [4.78, 5) is 27.3. The molecule has 0 bridgehead atoms. The molecule has 0 spiro atoms. The van der Waals surface area contributed by atoms with E-state index in [4.69, 9.17) is 0 Å². The number of nitrogens with zero attached hydrogens (tertiary/aromatic N) is 4. The van der Waals surface area contributed by atoms with Crippen molar-refractivity contribution < 1.29 is 4.79 Å². The molecule has 0 aliphatic rings. The van der Waals surface area contributed by atoms with Crippen LogP contribution in [0.15, 0.2) is 66.0 Å². The van der Waals surface area contributed by atoms with E-state index < -0.39 is 0 Å². The van der Waals surface area contributed by atoms with Crippen molar-refractivity contribution in [2.45, 2.75) is 6.54 Å². The zero-order chi connectivity index (χ0) is 16.1. The van der Waals surface area contributed by atoms with Crippen LogP contribution in [0.5, 0.6) is 0 Å². The van der Waals surface area contributed by atoms with Crippen LogP contribution in [0.3, 0.4) is 0 Å². The van der Waals surface area contributed by atoms with E-state index in [2.05, 4.69) is 15.4 Å². The Kier molecular flexibility index (Phi) is 4.28. The van der Waals surface area contributed by atoms with E-state index in [1.807, 2.05) is 18.3 Å². The summed E-state index contributed by atoms with van der Waals surface area (Å²) in [5, 5.41) is 6.93. The third kappa shape index (κ3) is 3.52. The number of hydrogen-bond donors (Lipinski definition) is 1. The lowest BCUT2D eigenvalue weighted by molar-refractivity contribution is 0.0952. The lowest BCUT2D eigenvalue weighted by Gasteiger charge is -2.08. The van der Waals surface area contributed by atoms with E-state index in [1.54, 1.807) is 41.3 Å². The molecule has 3 rings (SSSR count). The molecule has 116 valence electrons. The van der Waals surface area contributed by atoms with Crippen LogP contribution in [-0.4, -0.2) is 31.8 Å². The van der Waals surface area contributed by atoms with Gasteiger partial charge < -0.3 is 5.32 Å². The van der Waals surface area contributed by atoms with E-state index in [9.17, 15) is 9.59 Å². The zero-order valence-corrected chi connectivity index (χ0v) is 12.3. The maximum Gasteiger partial charge on any atom is 0.347 e. The van der Waals surface area contributed by atoms with Crippen molar-refractivity contribution in [1.82, 2.24) is 24.6 Å². The Morgan fingerprint density at radius 1 is 1.13 bits per heavy atom. The monoisotopic (exact) mass is 309 g/mol. The number of nitrogens with one attached hydrogen (secondary N) is 1. The molecular formula is C16H15N5O2. The highest BCUT2D eigenvalue weighted by Gasteiger charge is 2.07. The van der Waals surface area contributed by atoms with Crippen molar-refractivity contribution in [2.75, 3.05) is 6.54 Å². The van der Waals surface area contributed by atoms with Crippen molar-refractivity contribution in [1.29, 1.82) is 0 Å². The SMILES string of the molecule is O=C(NCCn1cccnc1=O)c1cccc(-n2cccn2)c1. The van der Waals surface area contributed by atoms with Crippen molar-refractivity contribution in [3.8, 4) is 5.69 Å². The summed E-state index contributed by atoms with van der Waals surface area (Å²) >= 11 is 0. The molecule has 3 aromatic rings. The molecule has 0 saturated carbocycles. The fraction of sp³-hybridized carbons (Fsp3) is 0.125. The van der Waals surface area contributed by atoms with Gasteiger partial charge in [0.05, 0.1) is 5.69 Å². The van der Waals surface area contributed by atoms with E-state index in [-0.39, 0.29) is 11.6 Å². The molecule has 0 fully saturated rings. The first kappa shape index (κ1) is 14.7. The van der Waals surface area contributed by atoms with Gasteiger partial charge in [0.2, 0.25) is 0 Å². The Morgan fingerprint density at radius 2 is 2.00 bits per heavy atom. The number of hydrogen-bond acceptors (Lipinski definition) is 4. The summed E-state index contributed by atoms with van der Waals surface area (Å²) < 4.78 is 3.13.